The number of hydrogen-bond acceptors (Lipinski definition) is 4. The summed E-state index contributed by atoms with van der Waals surface area (Å²) in [6.07, 6.45) is 1.62. The van der Waals surface area contributed by atoms with Gasteiger partial charge in [0.05, 0.1) is 0 Å². The molecule has 0 radical (unpaired) electrons. The Bertz CT molecular complexity index is 616. The maximum Gasteiger partial charge on any atom is 0.282 e. The Morgan fingerprint density at radius 2 is 1.52 bits per heavy atom. The molecule has 110 valence electrons. The predicted octanol–water partition coefficient (Wildman–Crippen LogP) is 4.71. The number of hydrogen-bond donors (Lipinski definition) is 1. The minimum absolute atomic E-state index is 0.392. The lowest BCUT2D eigenvalue weighted by Crippen LogP contribution is -2.14. The van der Waals surface area contributed by atoms with Crippen LogP contribution in [0, 0.1) is 0 Å². The second-order valence-corrected chi connectivity index (χ2v) is 14.4. The van der Waals surface area contributed by atoms with E-state index in [2.05, 4.69) is 35.0 Å². The van der Waals surface area contributed by atoms with Crippen molar-refractivity contribution in [2.75, 3.05) is 12.3 Å². The zero-order valence-electron chi connectivity index (χ0n) is 11.1. The highest BCUT2D eigenvalue weighted by molar-refractivity contribution is 8.03. The smallest absolute Gasteiger partial charge is 0.226 e. The number of halogens is 1. The second kappa shape index (κ2) is 7.19. The van der Waals surface area contributed by atoms with Crippen LogP contribution >= 0.6 is 60.0 Å². The summed E-state index contributed by atoms with van der Waals surface area (Å²) in [4.78, 5) is 10.6. The summed E-state index contributed by atoms with van der Waals surface area (Å²) in [6.45, 7) is -2.49. The molecule has 3 heterocycles. The largest absolute Gasteiger partial charge is 0.282 e. The molecule has 1 nitrogen and oxygen atoms in total. The molecule has 0 aliphatic carbocycles. The van der Waals surface area contributed by atoms with Crippen molar-refractivity contribution < 1.29 is 4.89 Å². The first kappa shape index (κ1) is 16.1. The van der Waals surface area contributed by atoms with Crippen molar-refractivity contribution in [2.45, 2.75) is 0 Å². The Balaban J connectivity index is 1.77. The molecule has 1 atom stereocenters. The van der Waals surface area contributed by atoms with Gasteiger partial charge in [-0.1, -0.05) is 12.1 Å². The average Bonchev–Trinajstić information content (AvgIpc) is 3.23. The van der Waals surface area contributed by atoms with Gasteiger partial charge in [0.15, 0.2) is 4.62 Å². The monoisotopic (exact) mass is 391 g/mol. The average molecular weight is 392 g/mol. The summed E-state index contributed by atoms with van der Waals surface area (Å²) in [5.41, 5.74) is 0. The van der Waals surface area contributed by atoms with Crippen molar-refractivity contribution in [2.24, 2.45) is 0 Å². The molecule has 0 spiro atoms. The Morgan fingerprint density at radius 3 is 2.00 bits per heavy atom. The van der Waals surface area contributed by atoms with Gasteiger partial charge in [-0.3, -0.25) is 0 Å². The topological polar surface area (TPSA) is 20.2 Å². The van der Waals surface area contributed by atoms with Gasteiger partial charge in [-0.25, -0.2) is 4.89 Å². The molecule has 0 bridgehead atoms. The molecule has 1 N–H and O–H groups in total. The first-order valence-electron chi connectivity index (χ1n) is 6.36. The lowest BCUT2D eigenvalue weighted by Gasteiger charge is -2.16. The van der Waals surface area contributed by atoms with Crippen molar-refractivity contribution in [3.8, 4) is 0 Å². The van der Waals surface area contributed by atoms with Crippen molar-refractivity contribution in [3.05, 3.63) is 52.5 Å². The van der Waals surface area contributed by atoms with Crippen LogP contribution in [0.4, 0.5) is 0 Å². The maximum atomic E-state index is 10.6. The van der Waals surface area contributed by atoms with Crippen molar-refractivity contribution in [3.63, 3.8) is 0 Å². The molecule has 0 amide bonds. The zero-order valence-corrected chi connectivity index (χ0v) is 16.0. The first-order valence-corrected chi connectivity index (χ1v) is 13.4. The van der Waals surface area contributed by atoms with Gasteiger partial charge in [0, 0.05) is 15.4 Å². The Hall–Kier alpha value is 0.210. The highest BCUT2D eigenvalue weighted by Gasteiger charge is 2.39. The first-order chi connectivity index (χ1) is 10.2. The molecular weight excluding hydrogens is 378 g/mol. The highest BCUT2D eigenvalue weighted by atomic mass is 35.7. The van der Waals surface area contributed by atoms with Crippen LogP contribution in [0.25, 0.3) is 0 Å². The number of thiophene rings is 3. The lowest BCUT2D eigenvalue weighted by atomic mass is 10.7. The molecule has 0 aliphatic heterocycles. The third-order valence-corrected chi connectivity index (χ3v) is 13.6. The van der Waals surface area contributed by atoms with Gasteiger partial charge in [0.1, 0.15) is 17.4 Å². The van der Waals surface area contributed by atoms with Gasteiger partial charge in [-0.15, -0.1) is 34.0 Å². The quantitative estimate of drug-likeness (QED) is 0.603. The van der Waals surface area contributed by atoms with Crippen LogP contribution in [0.15, 0.2) is 52.5 Å². The molecule has 0 saturated heterocycles. The fourth-order valence-corrected chi connectivity index (χ4v) is 11.9. The van der Waals surface area contributed by atoms with Crippen LogP contribution in [-0.2, 0) is 0 Å². The molecule has 3 aromatic rings. The summed E-state index contributed by atoms with van der Waals surface area (Å²) in [6, 6.07) is 12.5. The van der Waals surface area contributed by atoms with Crippen molar-refractivity contribution >= 4 is 73.9 Å². The van der Waals surface area contributed by atoms with Crippen LogP contribution in [0.1, 0.15) is 0 Å². The van der Waals surface area contributed by atoms with Gasteiger partial charge >= 0.3 is 0 Å². The van der Waals surface area contributed by atoms with Crippen LogP contribution in [0.3, 0.4) is 0 Å². The van der Waals surface area contributed by atoms with Crippen molar-refractivity contribution in [1.29, 1.82) is 0 Å². The van der Waals surface area contributed by atoms with Gasteiger partial charge in [0.2, 0.25) is 0 Å². The molecule has 0 aromatic carbocycles. The highest BCUT2D eigenvalue weighted by Crippen LogP contribution is 2.61. The van der Waals surface area contributed by atoms with E-state index < -0.39 is 14.8 Å². The fourth-order valence-electron chi connectivity index (χ4n) is 1.98. The molecule has 3 aromatic heterocycles. The van der Waals surface area contributed by atoms with Crippen LogP contribution in [0.5, 0.6) is 0 Å². The third-order valence-electron chi connectivity index (χ3n) is 3.01. The van der Waals surface area contributed by atoms with E-state index in [1.807, 2.05) is 17.5 Å². The van der Waals surface area contributed by atoms with Gasteiger partial charge in [-0.05, 0) is 48.3 Å². The molecule has 0 saturated carbocycles. The van der Waals surface area contributed by atoms with Gasteiger partial charge in [0.25, 0.3) is 6.84 Å². The van der Waals surface area contributed by atoms with Crippen molar-refractivity contribution in [1.82, 2.24) is 0 Å². The molecule has 21 heavy (non-hydrogen) atoms. The second-order valence-electron chi connectivity index (χ2n) is 4.41. The van der Waals surface area contributed by atoms with Gasteiger partial charge < -0.3 is 0 Å². The van der Waals surface area contributed by atoms with Crippen LogP contribution < -0.4 is 13.9 Å². The Labute approximate surface area is 143 Å². The maximum absolute atomic E-state index is 10.6. The minimum atomic E-state index is -2.49. The zero-order chi connectivity index (χ0) is 14.7. The third kappa shape index (κ3) is 3.95. The van der Waals surface area contributed by atoms with E-state index in [1.54, 1.807) is 34.0 Å². The van der Waals surface area contributed by atoms with E-state index in [9.17, 15) is 4.89 Å². The summed E-state index contributed by atoms with van der Waals surface area (Å²) >= 11 is 11.6. The fraction of sp³-hybridized carbons (Fsp3) is 0.143. The minimum Gasteiger partial charge on any atom is -0.226 e. The van der Waals surface area contributed by atoms with E-state index in [0.29, 0.717) is 6.16 Å². The molecule has 3 rings (SSSR count). The SMILES string of the molecule is O[P+](Cl)(CCP(c1cccs1)c1cccs1)c1cccs1. The Morgan fingerprint density at radius 1 is 0.952 bits per heavy atom. The molecule has 7 heteroatoms. The molecule has 0 aliphatic rings. The summed E-state index contributed by atoms with van der Waals surface area (Å²) in [5, 5.41) is 6.23. The van der Waals surface area contributed by atoms with E-state index >= 15 is 0 Å². The van der Waals surface area contributed by atoms with E-state index in [-0.39, 0.29) is 0 Å². The molecule has 1 unspecified atom stereocenters. The Kier molecular flexibility index (Phi) is 5.50. The lowest BCUT2D eigenvalue weighted by molar-refractivity contribution is 0.630. The van der Waals surface area contributed by atoms with E-state index in [4.69, 9.17) is 11.2 Å². The van der Waals surface area contributed by atoms with Gasteiger partial charge in [-0.2, -0.15) is 0 Å². The molecule has 0 fully saturated rings. The summed E-state index contributed by atoms with van der Waals surface area (Å²) in [7, 11) is -0.392. The van der Waals surface area contributed by atoms with Crippen LogP contribution in [0.2, 0.25) is 0 Å². The number of rotatable bonds is 6. The van der Waals surface area contributed by atoms with E-state index in [0.717, 1.165) is 10.8 Å². The summed E-state index contributed by atoms with van der Waals surface area (Å²) in [5.74, 6) is 0. The summed E-state index contributed by atoms with van der Waals surface area (Å²) < 4.78 is 3.77. The molecular formula is C14H14ClOP2S3+. The standard InChI is InChI=1S/C14H14ClOP2S3/c15-18(16,14-6-3-11-21-14)8-7-17(12-4-1-9-19-12)13-5-2-10-20-13/h1-6,9-11,16H,7-8H2/q+1. The van der Waals surface area contributed by atoms with Crippen LogP contribution in [-0.4, -0.2) is 17.2 Å². The van der Waals surface area contributed by atoms with E-state index in [1.165, 1.54) is 9.24 Å². The normalized spacial score (nSPS) is 14.4. The predicted molar refractivity (Wildman–Crippen MR) is 104 cm³/mol.